The van der Waals surface area contributed by atoms with Crippen LogP contribution in [0, 0.1) is 0 Å². The molecule has 0 atom stereocenters. The summed E-state index contributed by atoms with van der Waals surface area (Å²) in [6, 6.07) is 9.19. The van der Waals surface area contributed by atoms with Gasteiger partial charge < -0.3 is 0 Å². The highest BCUT2D eigenvalue weighted by atomic mass is 32.2. The van der Waals surface area contributed by atoms with E-state index in [0.717, 1.165) is 6.26 Å². The zero-order valence-corrected chi connectivity index (χ0v) is 14.4. The first-order valence-corrected chi connectivity index (χ1v) is 9.61. The van der Waals surface area contributed by atoms with Gasteiger partial charge in [-0.1, -0.05) is 12.1 Å². The van der Waals surface area contributed by atoms with E-state index in [1.165, 1.54) is 34.5 Å². The summed E-state index contributed by atoms with van der Waals surface area (Å²) in [6.07, 6.45) is 4.70. The number of carbonyl (C=O) groups excluding carboxylic acids is 2. The summed E-state index contributed by atoms with van der Waals surface area (Å²) in [7, 11) is -3.56. The van der Waals surface area contributed by atoms with Crippen LogP contribution in [0.2, 0.25) is 0 Å². The van der Waals surface area contributed by atoms with Gasteiger partial charge in [-0.05, 0) is 30.7 Å². The summed E-state index contributed by atoms with van der Waals surface area (Å²) >= 11 is 0. The van der Waals surface area contributed by atoms with E-state index in [4.69, 9.17) is 0 Å². The van der Waals surface area contributed by atoms with Gasteiger partial charge >= 0.3 is 0 Å². The second kappa shape index (κ2) is 6.64. The molecule has 7 nitrogen and oxygen atoms in total. The SMILES string of the molecule is CS(=O)(=O)c1ccccc1C(=O)N1CCCN1C(=O)c1ccncc1. The van der Waals surface area contributed by atoms with E-state index in [0.29, 0.717) is 25.1 Å². The molecule has 2 heterocycles. The number of hydrazine groups is 1. The minimum atomic E-state index is -3.56. The normalized spacial score (nSPS) is 14.6. The smallest absolute Gasteiger partial charge is 0.267 e. The van der Waals surface area contributed by atoms with Gasteiger partial charge in [-0.2, -0.15) is 0 Å². The monoisotopic (exact) mass is 359 g/mol. The maximum atomic E-state index is 12.9. The number of hydrogen-bond donors (Lipinski definition) is 0. The zero-order chi connectivity index (χ0) is 18.0. The van der Waals surface area contributed by atoms with Crippen LogP contribution in [0.15, 0.2) is 53.7 Å². The Morgan fingerprint density at radius 1 is 0.960 bits per heavy atom. The lowest BCUT2D eigenvalue weighted by Gasteiger charge is -2.28. The summed E-state index contributed by atoms with van der Waals surface area (Å²) in [5.41, 5.74) is 0.491. The molecule has 1 fully saturated rings. The number of nitrogens with zero attached hydrogens (tertiary/aromatic N) is 3. The molecule has 25 heavy (non-hydrogen) atoms. The van der Waals surface area contributed by atoms with Crippen LogP contribution >= 0.6 is 0 Å². The van der Waals surface area contributed by atoms with Gasteiger partial charge in [-0.3, -0.25) is 14.6 Å². The Morgan fingerprint density at radius 2 is 1.56 bits per heavy atom. The quantitative estimate of drug-likeness (QED) is 0.826. The van der Waals surface area contributed by atoms with E-state index in [2.05, 4.69) is 4.98 Å². The van der Waals surface area contributed by atoms with Crippen molar-refractivity contribution in [3.05, 3.63) is 59.9 Å². The van der Waals surface area contributed by atoms with Crippen molar-refractivity contribution in [1.29, 1.82) is 0 Å². The van der Waals surface area contributed by atoms with Crippen LogP contribution in [-0.2, 0) is 9.84 Å². The highest BCUT2D eigenvalue weighted by Gasteiger charge is 2.33. The van der Waals surface area contributed by atoms with E-state index in [1.807, 2.05) is 0 Å². The average Bonchev–Trinajstić information content (AvgIpc) is 3.10. The van der Waals surface area contributed by atoms with E-state index in [1.54, 1.807) is 24.3 Å². The molecule has 130 valence electrons. The first kappa shape index (κ1) is 17.1. The number of pyridine rings is 1. The predicted molar refractivity (Wildman–Crippen MR) is 90.5 cm³/mol. The first-order chi connectivity index (χ1) is 11.9. The summed E-state index contributed by atoms with van der Waals surface area (Å²) in [5, 5.41) is 2.67. The average molecular weight is 359 g/mol. The number of carbonyl (C=O) groups is 2. The molecule has 0 aliphatic carbocycles. The van der Waals surface area contributed by atoms with E-state index in [9.17, 15) is 18.0 Å². The summed E-state index contributed by atoms with van der Waals surface area (Å²) in [6.45, 7) is 0.752. The van der Waals surface area contributed by atoms with Gasteiger partial charge in [0.25, 0.3) is 11.8 Å². The number of benzene rings is 1. The van der Waals surface area contributed by atoms with Crippen LogP contribution in [0.4, 0.5) is 0 Å². The Labute approximate surface area is 145 Å². The van der Waals surface area contributed by atoms with Crippen molar-refractivity contribution in [1.82, 2.24) is 15.0 Å². The van der Waals surface area contributed by atoms with Crippen LogP contribution in [0.3, 0.4) is 0 Å². The molecule has 1 aromatic carbocycles. The van der Waals surface area contributed by atoms with E-state index >= 15 is 0 Å². The molecule has 2 aromatic rings. The minimum absolute atomic E-state index is 0.0387. The van der Waals surface area contributed by atoms with Crippen LogP contribution in [0.25, 0.3) is 0 Å². The largest absolute Gasteiger partial charge is 0.273 e. The number of aromatic nitrogens is 1. The van der Waals surface area contributed by atoms with Crippen molar-refractivity contribution in [2.75, 3.05) is 19.3 Å². The number of rotatable bonds is 3. The molecule has 0 unspecified atom stereocenters. The molecule has 8 heteroatoms. The van der Waals surface area contributed by atoms with Crippen LogP contribution < -0.4 is 0 Å². The molecule has 1 saturated heterocycles. The molecular weight excluding hydrogens is 342 g/mol. The van der Waals surface area contributed by atoms with Crippen molar-refractivity contribution in [2.45, 2.75) is 11.3 Å². The molecule has 1 aromatic heterocycles. The summed E-state index contributed by atoms with van der Waals surface area (Å²) in [5.74, 6) is -0.814. The highest BCUT2D eigenvalue weighted by Crippen LogP contribution is 2.22. The zero-order valence-electron chi connectivity index (χ0n) is 13.6. The molecule has 0 saturated carbocycles. The van der Waals surface area contributed by atoms with E-state index < -0.39 is 15.7 Å². The third-order valence-corrected chi connectivity index (χ3v) is 5.10. The van der Waals surface area contributed by atoms with Crippen LogP contribution in [-0.4, -0.2) is 54.6 Å². The molecule has 1 aliphatic rings. The second-order valence-corrected chi connectivity index (χ2v) is 7.70. The predicted octanol–water partition coefficient (Wildman–Crippen LogP) is 1.39. The van der Waals surface area contributed by atoms with Gasteiger partial charge in [0.2, 0.25) is 0 Å². The molecular formula is C17H17N3O4S. The lowest BCUT2D eigenvalue weighted by Crippen LogP contribution is -2.45. The molecule has 3 rings (SSSR count). The lowest BCUT2D eigenvalue weighted by molar-refractivity contribution is 0.0183. The van der Waals surface area contributed by atoms with E-state index in [-0.39, 0.29) is 16.4 Å². The fourth-order valence-electron chi connectivity index (χ4n) is 2.78. The molecule has 0 N–H and O–H groups in total. The molecule has 1 aliphatic heterocycles. The van der Waals surface area contributed by atoms with Gasteiger partial charge in [0.05, 0.1) is 10.5 Å². The van der Waals surface area contributed by atoms with Crippen LogP contribution in [0.1, 0.15) is 27.1 Å². The van der Waals surface area contributed by atoms with Crippen LogP contribution in [0.5, 0.6) is 0 Å². The maximum Gasteiger partial charge on any atom is 0.273 e. The fourth-order valence-corrected chi connectivity index (χ4v) is 3.66. The first-order valence-electron chi connectivity index (χ1n) is 7.72. The van der Waals surface area contributed by atoms with Crippen molar-refractivity contribution in [3.63, 3.8) is 0 Å². The second-order valence-electron chi connectivity index (χ2n) is 5.71. The topological polar surface area (TPSA) is 87.7 Å². The number of amides is 2. The minimum Gasteiger partial charge on any atom is -0.267 e. The summed E-state index contributed by atoms with van der Waals surface area (Å²) in [4.78, 5) is 29.4. The third-order valence-electron chi connectivity index (χ3n) is 3.94. The molecule has 0 radical (unpaired) electrons. The standard InChI is InChI=1S/C17H17N3O4S/c1-25(23,24)15-6-3-2-5-14(15)17(22)20-12-4-11-19(20)16(21)13-7-9-18-10-8-13/h2-3,5-10H,4,11-12H2,1H3. The third kappa shape index (κ3) is 3.39. The summed E-state index contributed by atoms with van der Waals surface area (Å²) < 4.78 is 23.9. The maximum absolute atomic E-state index is 12.9. The number of hydrogen-bond acceptors (Lipinski definition) is 5. The molecule has 2 amide bonds. The Morgan fingerprint density at radius 3 is 2.20 bits per heavy atom. The molecule has 0 bridgehead atoms. The van der Waals surface area contributed by atoms with Gasteiger partial charge in [0.15, 0.2) is 9.84 Å². The fraction of sp³-hybridized carbons (Fsp3) is 0.235. The van der Waals surface area contributed by atoms with Gasteiger partial charge in [-0.25, -0.2) is 18.4 Å². The van der Waals surface area contributed by atoms with Gasteiger partial charge in [-0.15, -0.1) is 0 Å². The van der Waals surface area contributed by atoms with Crippen molar-refractivity contribution in [2.24, 2.45) is 0 Å². The van der Waals surface area contributed by atoms with Gasteiger partial charge in [0, 0.05) is 37.3 Å². The van der Waals surface area contributed by atoms with Crippen molar-refractivity contribution in [3.8, 4) is 0 Å². The van der Waals surface area contributed by atoms with Crippen molar-refractivity contribution < 1.29 is 18.0 Å². The Balaban J connectivity index is 1.94. The Bertz CT molecular complexity index is 913. The highest BCUT2D eigenvalue weighted by molar-refractivity contribution is 7.90. The Hall–Kier alpha value is -2.74. The van der Waals surface area contributed by atoms with Crippen molar-refractivity contribution >= 4 is 21.7 Å². The lowest BCUT2D eigenvalue weighted by atomic mass is 10.2. The Kier molecular flexibility index (Phi) is 4.54. The van der Waals surface area contributed by atoms with Gasteiger partial charge in [0.1, 0.15) is 0 Å². The molecule has 0 spiro atoms. The number of sulfone groups is 1.